The zero-order valence-electron chi connectivity index (χ0n) is 11.5. The number of carbonyl (C=O) groups is 1. The first kappa shape index (κ1) is 15.5. The highest BCUT2D eigenvalue weighted by atomic mass is 16.5. The van der Waals surface area contributed by atoms with E-state index in [-0.39, 0.29) is 12.1 Å². The van der Waals surface area contributed by atoms with E-state index in [0.29, 0.717) is 12.2 Å². The number of unbranched alkanes of at least 4 members (excludes halogenated alkanes) is 2. The van der Waals surface area contributed by atoms with Gasteiger partial charge in [-0.3, -0.25) is 0 Å². The molecule has 0 aliphatic rings. The van der Waals surface area contributed by atoms with Crippen molar-refractivity contribution in [3.05, 3.63) is 36.3 Å². The molecular formula is C15H22O4. The molecule has 4 heteroatoms. The van der Waals surface area contributed by atoms with Gasteiger partial charge in [-0.05, 0) is 45.2 Å². The topological polar surface area (TPSA) is 59.7 Å². The van der Waals surface area contributed by atoms with E-state index in [9.17, 15) is 9.90 Å². The summed E-state index contributed by atoms with van der Waals surface area (Å²) in [7, 11) is 0. The highest BCUT2D eigenvalue weighted by Gasteiger charge is 2.08. The molecule has 0 aliphatic heterocycles. The van der Waals surface area contributed by atoms with E-state index in [1.807, 2.05) is 19.9 Å². The third kappa shape index (κ3) is 6.82. The number of hydrogen-bond acceptors (Lipinski definition) is 4. The minimum atomic E-state index is -0.537. The number of allylic oxidation sites excluding steroid dienone is 1. The molecule has 0 spiro atoms. The fraction of sp³-hybridized carbons (Fsp3) is 0.533. The van der Waals surface area contributed by atoms with Crippen LogP contribution in [0.15, 0.2) is 35.0 Å². The normalized spacial score (nSPS) is 13.1. The fourth-order valence-corrected chi connectivity index (χ4v) is 1.67. The molecule has 1 rings (SSSR count). The SMILES string of the molecule is CC(C)OC(=O)C=CCCCCC(O)c1ccco1. The minimum Gasteiger partial charge on any atom is -0.467 e. The Morgan fingerprint density at radius 3 is 2.89 bits per heavy atom. The standard InChI is InChI=1S/C15H22O4/c1-12(2)19-15(17)10-6-4-3-5-8-13(16)14-9-7-11-18-14/h6-7,9-13,16H,3-5,8H2,1-2H3. The summed E-state index contributed by atoms with van der Waals surface area (Å²) in [5.74, 6) is 0.307. The molecule has 0 bridgehead atoms. The lowest BCUT2D eigenvalue weighted by Gasteiger charge is -2.06. The second kappa shape index (κ2) is 8.53. The summed E-state index contributed by atoms with van der Waals surface area (Å²) in [6.07, 6.45) is 7.48. The number of ether oxygens (including phenoxy) is 1. The summed E-state index contributed by atoms with van der Waals surface area (Å²) in [4.78, 5) is 11.2. The van der Waals surface area contributed by atoms with E-state index in [4.69, 9.17) is 9.15 Å². The maximum atomic E-state index is 11.2. The molecular weight excluding hydrogens is 244 g/mol. The van der Waals surface area contributed by atoms with Crippen molar-refractivity contribution in [3.8, 4) is 0 Å². The molecule has 0 saturated carbocycles. The van der Waals surface area contributed by atoms with Gasteiger partial charge in [0.2, 0.25) is 0 Å². The number of hydrogen-bond donors (Lipinski definition) is 1. The third-order valence-electron chi connectivity index (χ3n) is 2.58. The van der Waals surface area contributed by atoms with E-state index >= 15 is 0 Å². The number of aliphatic hydroxyl groups excluding tert-OH is 1. The quantitative estimate of drug-likeness (QED) is 0.445. The van der Waals surface area contributed by atoms with Crippen LogP contribution in [0.3, 0.4) is 0 Å². The van der Waals surface area contributed by atoms with Crippen molar-refractivity contribution in [1.29, 1.82) is 0 Å². The molecule has 106 valence electrons. The van der Waals surface area contributed by atoms with Gasteiger partial charge in [-0.2, -0.15) is 0 Å². The summed E-state index contributed by atoms with van der Waals surface area (Å²) in [5, 5.41) is 9.77. The average Bonchev–Trinajstić information content (AvgIpc) is 2.86. The first-order valence-corrected chi connectivity index (χ1v) is 6.68. The molecule has 4 nitrogen and oxygen atoms in total. The summed E-state index contributed by atoms with van der Waals surface area (Å²) in [6, 6.07) is 3.54. The van der Waals surface area contributed by atoms with Crippen molar-refractivity contribution in [1.82, 2.24) is 0 Å². The predicted octanol–water partition coefficient (Wildman–Crippen LogP) is 3.38. The predicted molar refractivity (Wildman–Crippen MR) is 72.5 cm³/mol. The van der Waals surface area contributed by atoms with Crippen molar-refractivity contribution >= 4 is 5.97 Å². The van der Waals surface area contributed by atoms with E-state index in [2.05, 4.69) is 0 Å². The molecule has 1 unspecified atom stereocenters. The van der Waals surface area contributed by atoms with Crippen LogP contribution >= 0.6 is 0 Å². The van der Waals surface area contributed by atoms with Crippen LogP contribution in [0.1, 0.15) is 51.4 Å². The Morgan fingerprint density at radius 1 is 1.47 bits per heavy atom. The van der Waals surface area contributed by atoms with Gasteiger partial charge in [0.1, 0.15) is 11.9 Å². The van der Waals surface area contributed by atoms with Crippen molar-refractivity contribution in [2.45, 2.75) is 51.7 Å². The molecule has 1 N–H and O–H groups in total. The Labute approximate surface area is 114 Å². The van der Waals surface area contributed by atoms with Crippen LogP contribution in [0.4, 0.5) is 0 Å². The minimum absolute atomic E-state index is 0.0828. The van der Waals surface area contributed by atoms with Gasteiger partial charge in [-0.15, -0.1) is 0 Å². The van der Waals surface area contributed by atoms with Crippen molar-refractivity contribution < 1.29 is 19.1 Å². The first-order valence-electron chi connectivity index (χ1n) is 6.68. The van der Waals surface area contributed by atoms with Crippen molar-refractivity contribution in [2.75, 3.05) is 0 Å². The number of esters is 1. The van der Waals surface area contributed by atoms with Crippen LogP contribution in [0.5, 0.6) is 0 Å². The van der Waals surface area contributed by atoms with Crippen molar-refractivity contribution in [2.24, 2.45) is 0 Å². The van der Waals surface area contributed by atoms with Crippen LogP contribution < -0.4 is 0 Å². The van der Waals surface area contributed by atoms with Crippen LogP contribution in [0.2, 0.25) is 0 Å². The lowest BCUT2D eigenvalue weighted by atomic mass is 10.1. The fourth-order valence-electron chi connectivity index (χ4n) is 1.67. The summed E-state index contributed by atoms with van der Waals surface area (Å²) in [5.41, 5.74) is 0. The monoisotopic (exact) mass is 266 g/mol. The highest BCUT2D eigenvalue weighted by molar-refractivity contribution is 5.81. The van der Waals surface area contributed by atoms with Crippen LogP contribution in [0.25, 0.3) is 0 Å². The lowest BCUT2D eigenvalue weighted by Crippen LogP contribution is -2.08. The molecule has 0 saturated heterocycles. The van der Waals surface area contributed by atoms with Crippen LogP contribution in [-0.2, 0) is 9.53 Å². The Kier molecular flexibility index (Phi) is 6.97. The third-order valence-corrected chi connectivity index (χ3v) is 2.58. The van der Waals surface area contributed by atoms with Gasteiger partial charge in [-0.1, -0.05) is 12.5 Å². The number of carbonyl (C=O) groups excluding carboxylic acids is 1. The molecule has 1 aromatic rings. The summed E-state index contributed by atoms with van der Waals surface area (Å²) >= 11 is 0. The molecule has 0 aromatic carbocycles. The highest BCUT2D eigenvalue weighted by Crippen LogP contribution is 2.19. The molecule has 1 heterocycles. The van der Waals surface area contributed by atoms with Gasteiger partial charge in [0.05, 0.1) is 12.4 Å². The van der Waals surface area contributed by atoms with E-state index in [1.165, 1.54) is 6.08 Å². The summed E-state index contributed by atoms with van der Waals surface area (Å²) < 4.78 is 10.1. The van der Waals surface area contributed by atoms with Gasteiger partial charge >= 0.3 is 5.97 Å². The number of aliphatic hydroxyl groups is 1. The molecule has 1 aromatic heterocycles. The molecule has 19 heavy (non-hydrogen) atoms. The zero-order chi connectivity index (χ0) is 14.1. The first-order chi connectivity index (χ1) is 9.09. The lowest BCUT2D eigenvalue weighted by molar-refractivity contribution is -0.141. The van der Waals surface area contributed by atoms with E-state index in [0.717, 1.165) is 19.3 Å². The molecule has 0 fully saturated rings. The maximum Gasteiger partial charge on any atom is 0.330 e. The Hall–Kier alpha value is -1.55. The van der Waals surface area contributed by atoms with Crippen LogP contribution in [-0.4, -0.2) is 17.2 Å². The molecule has 1 atom stereocenters. The zero-order valence-corrected chi connectivity index (χ0v) is 11.5. The van der Waals surface area contributed by atoms with Crippen LogP contribution in [0, 0.1) is 0 Å². The maximum absolute atomic E-state index is 11.2. The van der Waals surface area contributed by atoms with Gasteiger partial charge in [0.25, 0.3) is 0 Å². The van der Waals surface area contributed by atoms with E-state index in [1.54, 1.807) is 18.4 Å². The smallest absolute Gasteiger partial charge is 0.330 e. The number of rotatable bonds is 8. The molecule has 0 radical (unpaired) electrons. The Morgan fingerprint density at radius 2 is 2.26 bits per heavy atom. The van der Waals surface area contributed by atoms with Gasteiger partial charge < -0.3 is 14.3 Å². The average molecular weight is 266 g/mol. The van der Waals surface area contributed by atoms with E-state index < -0.39 is 6.10 Å². The van der Waals surface area contributed by atoms with Gasteiger partial charge in [0.15, 0.2) is 0 Å². The second-order valence-corrected chi connectivity index (χ2v) is 4.70. The van der Waals surface area contributed by atoms with Crippen molar-refractivity contribution in [3.63, 3.8) is 0 Å². The Balaban J connectivity index is 2.08. The molecule has 0 aliphatic carbocycles. The van der Waals surface area contributed by atoms with Gasteiger partial charge in [0, 0.05) is 6.08 Å². The second-order valence-electron chi connectivity index (χ2n) is 4.70. The molecule has 0 amide bonds. The van der Waals surface area contributed by atoms with Gasteiger partial charge in [-0.25, -0.2) is 4.79 Å². The summed E-state index contributed by atoms with van der Waals surface area (Å²) in [6.45, 7) is 3.64. The Bertz CT molecular complexity index is 379. The number of furan rings is 1. The largest absolute Gasteiger partial charge is 0.467 e.